The minimum atomic E-state index is 0.891. The zero-order chi connectivity index (χ0) is 9.56. The fourth-order valence-corrected chi connectivity index (χ4v) is 0.994. The third-order valence-electron chi connectivity index (χ3n) is 1.61. The first kappa shape index (κ1) is 11.2. The van der Waals surface area contributed by atoms with E-state index in [1.807, 2.05) is 38.8 Å². The van der Waals surface area contributed by atoms with E-state index in [-0.39, 0.29) is 0 Å². The van der Waals surface area contributed by atoms with E-state index in [9.17, 15) is 0 Å². The van der Waals surface area contributed by atoms with E-state index in [2.05, 4.69) is 17.3 Å². The van der Waals surface area contributed by atoms with Gasteiger partial charge in [-0.05, 0) is 19.5 Å². The highest BCUT2D eigenvalue weighted by molar-refractivity contribution is 5.14. The van der Waals surface area contributed by atoms with Crippen molar-refractivity contribution in [3.05, 3.63) is 17.5 Å². The molecule has 0 radical (unpaired) electrons. The minimum Gasteiger partial charge on any atom is -0.314 e. The highest BCUT2D eigenvalue weighted by Crippen LogP contribution is 2.03. The van der Waals surface area contributed by atoms with Crippen LogP contribution in [0.1, 0.15) is 25.1 Å². The van der Waals surface area contributed by atoms with Gasteiger partial charge < -0.3 is 5.32 Å². The van der Waals surface area contributed by atoms with Crippen molar-refractivity contribution in [2.75, 3.05) is 7.05 Å². The molecule has 1 aromatic rings. The molecule has 1 N–H and O–H groups in total. The van der Waals surface area contributed by atoms with Crippen LogP contribution in [0.4, 0.5) is 0 Å². The van der Waals surface area contributed by atoms with Gasteiger partial charge in [-0.25, -0.2) is 0 Å². The van der Waals surface area contributed by atoms with Crippen molar-refractivity contribution < 1.29 is 0 Å². The van der Waals surface area contributed by atoms with Crippen LogP contribution in [-0.4, -0.2) is 16.8 Å². The van der Waals surface area contributed by atoms with Gasteiger partial charge in [0.2, 0.25) is 0 Å². The lowest BCUT2D eigenvalue weighted by Gasteiger charge is -2.00. The Bertz CT molecular complexity index is 196. The molecule has 3 nitrogen and oxygen atoms in total. The van der Waals surface area contributed by atoms with Crippen LogP contribution >= 0.6 is 0 Å². The Hall–Kier alpha value is -0.830. The molecule has 70 valence electrons. The first-order valence-electron chi connectivity index (χ1n) is 4.37. The van der Waals surface area contributed by atoms with Gasteiger partial charge in [0.05, 0.1) is 11.9 Å². The number of hydrogen-bond acceptors (Lipinski definition) is 2. The fourth-order valence-electron chi connectivity index (χ4n) is 0.994. The summed E-state index contributed by atoms with van der Waals surface area (Å²) in [7, 11) is 3.89. The van der Waals surface area contributed by atoms with Gasteiger partial charge in [0.15, 0.2) is 0 Å². The van der Waals surface area contributed by atoms with E-state index in [4.69, 9.17) is 0 Å². The van der Waals surface area contributed by atoms with E-state index in [0.29, 0.717) is 0 Å². The summed E-state index contributed by atoms with van der Waals surface area (Å²) < 4.78 is 1.89. The number of nitrogens with one attached hydrogen (secondary N) is 1. The van der Waals surface area contributed by atoms with Crippen molar-refractivity contribution >= 4 is 0 Å². The van der Waals surface area contributed by atoms with Gasteiger partial charge in [0.25, 0.3) is 0 Å². The second kappa shape index (κ2) is 5.77. The smallest absolute Gasteiger partial charge is 0.0547 e. The van der Waals surface area contributed by atoms with Crippen LogP contribution in [0.2, 0.25) is 0 Å². The Labute approximate surface area is 74.8 Å². The van der Waals surface area contributed by atoms with E-state index in [1.54, 1.807) is 0 Å². The number of hydrogen-bond donors (Lipinski definition) is 1. The van der Waals surface area contributed by atoms with Crippen molar-refractivity contribution in [3.63, 3.8) is 0 Å². The highest BCUT2D eigenvalue weighted by Gasteiger charge is 2.00. The number of nitrogens with zero attached hydrogens (tertiary/aromatic N) is 2. The molecule has 12 heavy (non-hydrogen) atoms. The molecule has 0 aromatic carbocycles. The molecule has 0 saturated carbocycles. The van der Waals surface area contributed by atoms with Gasteiger partial charge in [-0.2, -0.15) is 5.10 Å². The van der Waals surface area contributed by atoms with Crippen LogP contribution in [0, 0.1) is 6.92 Å². The molecule has 0 aliphatic heterocycles. The van der Waals surface area contributed by atoms with Gasteiger partial charge in [-0.3, -0.25) is 4.68 Å². The topological polar surface area (TPSA) is 29.9 Å². The van der Waals surface area contributed by atoms with Gasteiger partial charge in [0.1, 0.15) is 0 Å². The lowest BCUT2D eigenvalue weighted by molar-refractivity contribution is 0.670. The van der Waals surface area contributed by atoms with Crippen molar-refractivity contribution in [1.29, 1.82) is 0 Å². The van der Waals surface area contributed by atoms with Crippen molar-refractivity contribution in [3.8, 4) is 0 Å². The molecular weight excluding hydrogens is 150 g/mol. The third-order valence-corrected chi connectivity index (χ3v) is 1.61. The van der Waals surface area contributed by atoms with E-state index in [0.717, 1.165) is 6.54 Å². The maximum absolute atomic E-state index is 4.11. The molecule has 0 unspecified atom stereocenters. The summed E-state index contributed by atoms with van der Waals surface area (Å²) >= 11 is 0. The van der Waals surface area contributed by atoms with Crippen molar-refractivity contribution in [1.82, 2.24) is 15.1 Å². The first-order valence-corrected chi connectivity index (χ1v) is 4.37. The first-order chi connectivity index (χ1) is 5.75. The zero-order valence-electron chi connectivity index (χ0n) is 8.68. The summed E-state index contributed by atoms with van der Waals surface area (Å²) in [5.74, 6) is 0. The predicted molar refractivity (Wildman–Crippen MR) is 52.1 cm³/mol. The zero-order valence-corrected chi connectivity index (χ0v) is 8.68. The number of aryl methyl sites for hydroxylation is 2. The summed E-state index contributed by atoms with van der Waals surface area (Å²) in [6.07, 6.45) is 1.88. The molecule has 0 fully saturated rings. The summed E-state index contributed by atoms with van der Waals surface area (Å²) in [6, 6.07) is 0. The lowest BCUT2D eigenvalue weighted by Crippen LogP contribution is -2.10. The monoisotopic (exact) mass is 169 g/mol. The molecule has 0 atom stereocenters. The van der Waals surface area contributed by atoms with Crippen molar-refractivity contribution in [2.24, 2.45) is 7.05 Å². The van der Waals surface area contributed by atoms with E-state index in [1.165, 1.54) is 11.3 Å². The average Bonchev–Trinajstić information content (AvgIpc) is 2.40. The standard InChI is InChI=1S/C7H13N3.C2H6/c1-6-4-9-10(3)7(6)5-8-2;1-2/h4,8H,5H2,1-3H3;1-2H3. The maximum Gasteiger partial charge on any atom is 0.0547 e. The second-order valence-corrected chi connectivity index (χ2v) is 2.43. The Morgan fingerprint density at radius 3 is 2.42 bits per heavy atom. The number of aromatic nitrogens is 2. The summed E-state index contributed by atoms with van der Waals surface area (Å²) in [5.41, 5.74) is 2.50. The Balaban J connectivity index is 0.000000561. The molecule has 0 spiro atoms. The molecule has 0 saturated heterocycles. The molecule has 1 aromatic heterocycles. The summed E-state index contributed by atoms with van der Waals surface area (Å²) in [6.45, 7) is 6.96. The van der Waals surface area contributed by atoms with Gasteiger partial charge in [-0.15, -0.1) is 0 Å². The average molecular weight is 169 g/mol. The quantitative estimate of drug-likeness (QED) is 0.726. The summed E-state index contributed by atoms with van der Waals surface area (Å²) in [4.78, 5) is 0. The van der Waals surface area contributed by atoms with E-state index >= 15 is 0 Å². The Kier molecular flexibility index (Phi) is 5.37. The minimum absolute atomic E-state index is 0.891. The SMILES string of the molecule is CC.CNCc1c(C)cnn1C. The highest BCUT2D eigenvalue weighted by atomic mass is 15.3. The van der Waals surface area contributed by atoms with E-state index < -0.39 is 0 Å². The van der Waals surface area contributed by atoms with Crippen LogP contribution < -0.4 is 5.32 Å². The molecule has 0 amide bonds. The molecular formula is C9H19N3. The fraction of sp³-hybridized carbons (Fsp3) is 0.667. The van der Waals surface area contributed by atoms with Crippen LogP contribution in [0.3, 0.4) is 0 Å². The normalized spacial score (nSPS) is 9.08. The van der Waals surface area contributed by atoms with Gasteiger partial charge >= 0.3 is 0 Å². The van der Waals surface area contributed by atoms with Crippen LogP contribution in [0.25, 0.3) is 0 Å². The van der Waals surface area contributed by atoms with Gasteiger partial charge in [-0.1, -0.05) is 13.8 Å². The molecule has 0 bridgehead atoms. The van der Waals surface area contributed by atoms with Crippen molar-refractivity contribution in [2.45, 2.75) is 27.3 Å². The van der Waals surface area contributed by atoms with Crippen LogP contribution in [0.5, 0.6) is 0 Å². The molecule has 0 aliphatic carbocycles. The molecule has 1 heterocycles. The maximum atomic E-state index is 4.11. The second-order valence-electron chi connectivity index (χ2n) is 2.43. The summed E-state index contributed by atoms with van der Waals surface area (Å²) in [5, 5.41) is 7.20. The number of rotatable bonds is 2. The molecule has 0 aliphatic rings. The Morgan fingerprint density at radius 1 is 1.50 bits per heavy atom. The molecule has 3 heteroatoms. The van der Waals surface area contributed by atoms with Crippen LogP contribution in [-0.2, 0) is 13.6 Å². The Morgan fingerprint density at radius 2 is 2.08 bits per heavy atom. The predicted octanol–water partition coefficient (Wildman–Crippen LogP) is 1.47. The van der Waals surface area contributed by atoms with Crippen LogP contribution in [0.15, 0.2) is 6.20 Å². The molecule has 1 rings (SSSR count). The third kappa shape index (κ3) is 2.66. The largest absolute Gasteiger partial charge is 0.314 e. The lowest BCUT2D eigenvalue weighted by atomic mass is 10.3. The van der Waals surface area contributed by atoms with Gasteiger partial charge in [0, 0.05) is 13.6 Å².